The first kappa shape index (κ1) is 10.9. The van der Waals surface area contributed by atoms with Crippen LogP contribution in [0.1, 0.15) is 17.3 Å². The van der Waals surface area contributed by atoms with Gasteiger partial charge >= 0.3 is 0 Å². The third kappa shape index (κ3) is 2.61. The van der Waals surface area contributed by atoms with Crippen molar-refractivity contribution in [3.8, 4) is 0 Å². The molecule has 0 saturated heterocycles. The molecule has 1 unspecified atom stereocenters. The molecular weight excluding hydrogens is 303 g/mol. The quantitative estimate of drug-likeness (QED) is 0.603. The average Bonchev–Trinajstić information content (AvgIpc) is 2.08. The molecule has 0 aliphatic heterocycles. The van der Waals surface area contributed by atoms with E-state index < -0.39 is 5.82 Å². The number of carbonyl (C=O) groups is 1. The van der Waals surface area contributed by atoms with Gasteiger partial charge in [0.05, 0.1) is 10.4 Å². The molecule has 0 spiro atoms. The maximum atomic E-state index is 13.1. The van der Waals surface area contributed by atoms with Gasteiger partial charge < -0.3 is 0 Å². The van der Waals surface area contributed by atoms with Crippen molar-refractivity contribution in [3.05, 3.63) is 34.1 Å². The standard InChI is InChI=1S/C9H7Br2FO/c1-5(10)9(13)7-4-6(11)2-3-8(7)12/h2-5H,1H3. The Labute approximate surface area is 92.6 Å². The number of benzene rings is 1. The Bertz CT molecular complexity index is 336. The third-order valence-corrected chi connectivity index (χ3v) is 2.46. The predicted octanol–water partition coefficient (Wildman–Crippen LogP) is 3.55. The maximum absolute atomic E-state index is 13.1. The van der Waals surface area contributed by atoms with Gasteiger partial charge in [-0.25, -0.2) is 4.39 Å². The van der Waals surface area contributed by atoms with E-state index in [-0.39, 0.29) is 16.2 Å². The van der Waals surface area contributed by atoms with Gasteiger partial charge in [-0.2, -0.15) is 0 Å². The molecule has 13 heavy (non-hydrogen) atoms. The molecule has 0 N–H and O–H groups in total. The highest BCUT2D eigenvalue weighted by Gasteiger charge is 2.16. The maximum Gasteiger partial charge on any atom is 0.179 e. The minimum absolute atomic E-state index is 0.110. The summed E-state index contributed by atoms with van der Waals surface area (Å²) < 4.78 is 13.8. The fourth-order valence-corrected chi connectivity index (χ4v) is 1.51. The topological polar surface area (TPSA) is 17.1 Å². The molecule has 0 aromatic heterocycles. The van der Waals surface area contributed by atoms with Crippen molar-refractivity contribution in [1.29, 1.82) is 0 Å². The molecule has 1 atom stereocenters. The highest BCUT2D eigenvalue weighted by molar-refractivity contribution is 9.10. The zero-order valence-electron chi connectivity index (χ0n) is 6.85. The van der Waals surface area contributed by atoms with Gasteiger partial charge in [0.25, 0.3) is 0 Å². The summed E-state index contributed by atoms with van der Waals surface area (Å²) in [7, 11) is 0. The van der Waals surface area contributed by atoms with Crippen LogP contribution in [0.15, 0.2) is 22.7 Å². The van der Waals surface area contributed by atoms with Crippen LogP contribution in [0.25, 0.3) is 0 Å². The fraction of sp³-hybridized carbons (Fsp3) is 0.222. The Morgan fingerprint density at radius 1 is 1.54 bits per heavy atom. The van der Waals surface area contributed by atoms with Crippen LogP contribution in [-0.2, 0) is 0 Å². The number of hydrogen-bond acceptors (Lipinski definition) is 1. The molecule has 0 radical (unpaired) electrons. The van der Waals surface area contributed by atoms with Crippen LogP contribution in [0.3, 0.4) is 0 Å². The van der Waals surface area contributed by atoms with Gasteiger partial charge in [0.15, 0.2) is 5.78 Å². The summed E-state index contributed by atoms with van der Waals surface area (Å²) in [5.41, 5.74) is 0.110. The largest absolute Gasteiger partial charge is 0.293 e. The molecule has 0 amide bonds. The van der Waals surface area contributed by atoms with Crippen LogP contribution in [0.2, 0.25) is 0 Å². The van der Waals surface area contributed by atoms with Crippen LogP contribution >= 0.6 is 31.9 Å². The fourth-order valence-electron chi connectivity index (χ4n) is 0.901. The Morgan fingerprint density at radius 3 is 2.69 bits per heavy atom. The van der Waals surface area contributed by atoms with Crippen LogP contribution in [0.5, 0.6) is 0 Å². The second kappa shape index (κ2) is 4.33. The first-order chi connectivity index (χ1) is 6.02. The van der Waals surface area contributed by atoms with E-state index >= 15 is 0 Å². The molecule has 70 valence electrons. The number of halogens is 3. The van der Waals surface area contributed by atoms with Crippen LogP contribution in [0.4, 0.5) is 4.39 Å². The van der Waals surface area contributed by atoms with E-state index in [9.17, 15) is 9.18 Å². The molecule has 1 aromatic carbocycles. The lowest BCUT2D eigenvalue weighted by atomic mass is 10.1. The Kier molecular flexibility index (Phi) is 3.62. The SMILES string of the molecule is CC(Br)C(=O)c1cc(Br)ccc1F. The molecule has 1 nitrogen and oxygen atoms in total. The number of carbonyl (C=O) groups excluding carboxylic acids is 1. The molecule has 0 fully saturated rings. The minimum Gasteiger partial charge on any atom is -0.293 e. The normalized spacial score (nSPS) is 12.6. The summed E-state index contributed by atoms with van der Waals surface area (Å²) in [6.07, 6.45) is 0. The second-order valence-electron chi connectivity index (χ2n) is 2.60. The monoisotopic (exact) mass is 308 g/mol. The lowest BCUT2D eigenvalue weighted by molar-refractivity contribution is 0.0992. The van der Waals surface area contributed by atoms with Gasteiger partial charge in [-0.3, -0.25) is 4.79 Å². The highest BCUT2D eigenvalue weighted by atomic mass is 79.9. The first-order valence-electron chi connectivity index (χ1n) is 3.65. The van der Waals surface area contributed by atoms with Gasteiger partial charge in [-0.05, 0) is 25.1 Å². The first-order valence-corrected chi connectivity index (χ1v) is 5.36. The van der Waals surface area contributed by atoms with Crippen molar-refractivity contribution in [2.75, 3.05) is 0 Å². The van der Waals surface area contributed by atoms with Crippen molar-refractivity contribution < 1.29 is 9.18 Å². The summed E-state index contributed by atoms with van der Waals surface area (Å²) in [4.78, 5) is 11.0. The molecule has 0 heterocycles. The number of ketones is 1. The minimum atomic E-state index is -0.487. The molecule has 4 heteroatoms. The molecule has 0 saturated carbocycles. The number of Topliss-reactive ketones (excluding diaryl/α,β-unsaturated/α-hetero) is 1. The van der Waals surface area contributed by atoms with Crippen molar-refractivity contribution in [3.63, 3.8) is 0 Å². The van der Waals surface area contributed by atoms with Crippen molar-refractivity contribution in [1.82, 2.24) is 0 Å². The Balaban J connectivity index is 3.13. The summed E-state index contributed by atoms with van der Waals surface area (Å²) >= 11 is 6.28. The summed E-state index contributed by atoms with van der Waals surface area (Å²) in [6.45, 7) is 1.67. The van der Waals surface area contributed by atoms with Crippen molar-refractivity contribution in [2.24, 2.45) is 0 Å². The zero-order chi connectivity index (χ0) is 10.0. The molecule has 0 aliphatic rings. The van der Waals surface area contributed by atoms with E-state index in [0.717, 1.165) is 0 Å². The van der Waals surface area contributed by atoms with E-state index in [0.29, 0.717) is 4.47 Å². The lowest BCUT2D eigenvalue weighted by Crippen LogP contribution is -2.11. The van der Waals surface area contributed by atoms with E-state index in [1.54, 1.807) is 13.0 Å². The van der Waals surface area contributed by atoms with Gasteiger partial charge in [0.2, 0.25) is 0 Å². The van der Waals surface area contributed by atoms with Gasteiger partial charge in [0, 0.05) is 4.47 Å². The van der Waals surface area contributed by atoms with Crippen LogP contribution in [0, 0.1) is 5.82 Å². The Hall–Kier alpha value is -0.220. The summed E-state index contributed by atoms with van der Waals surface area (Å²) in [6, 6.07) is 4.31. The van der Waals surface area contributed by atoms with Crippen LogP contribution in [-0.4, -0.2) is 10.6 Å². The van der Waals surface area contributed by atoms with Crippen molar-refractivity contribution >= 4 is 37.6 Å². The molecule has 0 aliphatic carbocycles. The van der Waals surface area contributed by atoms with E-state index in [1.807, 2.05) is 0 Å². The summed E-state index contributed by atoms with van der Waals surface area (Å²) in [5, 5.41) is 0. The number of rotatable bonds is 2. The highest BCUT2D eigenvalue weighted by Crippen LogP contribution is 2.18. The smallest absolute Gasteiger partial charge is 0.179 e. The Morgan fingerprint density at radius 2 is 2.15 bits per heavy atom. The molecule has 0 bridgehead atoms. The molecule has 1 aromatic rings. The molecular formula is C9H7Br2FO. The number of hydrogen-bond donors (Lipinski definition) is 0. The summed E-state index contributed by atoms with van der Waals surface area (Å²) in [5.74, 6) is -0.738. The number of alkyl halides is 1. The van der Waals surface area contributed by atoms with Crippen molar-refractivity contribution in [2.45, 2.75) is 11.8 Å². The van der Waals surface area contributed by atoms with E-state index in [1.165, 1.54) is 12.1 Å². The zero-order valence-corrected chi connectivity index (χ0v) is 10.0. The predicted molar refractivity (Wildman–Crippen MR) is 56.8 cm³/mol. The van der Waals surface area contributed by atoms with Crippen LogP contribution < -0.4 is 0 Å². The van der Waals surface area contributed by atoms with Gasteiger partial charge in [-0.1, -0.05) is 31.9 Å². The van der Waals surface area contributed by atoms with E-state index in [2.05, 4.69) is 31.9 Å². The van der Waals surface area contributed by atoms with Gasteiger partial charge in [0.1, 0.15) is 5.82 Å². The van der Waals surface area contributed by atoms with Gasteiger partial charge in [-0.15, -0.1) is 0 Å². The van der Waals surface area contributed by atoms with E-state index in [4.69, 9.17) is 0 Å². The molecule has 1 rings (SSSR count). The second-order valence-corrected chi connectivity index (χ2v) is 4.89. The average molecular weight is 310 g/mol. The third-order valence-electron chi connectivity index (χ3n) is 1.56. The lowest BCUT2D eigenvalue weighted by Gasteiger charge is -2.04.